The molecule has 0 radical (unpaired) electrons. The minimum Gasteiger partial charge on any atom is -0.369 e. The lowest BCUT2D eigenvalue weighted by molar-refractivity contribution is 0.0409. The zero-order chi connectivity index (χ0) is 32.4. The minimum atomic E-state index is -0.900. The van der Waals surface area contributed by atoms with E-state index in [0.29, 0.717) is 40.1 Å². The van der Waals surface area contributed by atoms with Crippen LogP contribution in [0.4, 0.5) is 13.2 Å². The monoisotopic (exact) mass is 615 g/mol. The van der Waals surface area contributed by atoms with Crippen molar-refractivity contribution < 1.29 is 27.5 Å². The molecule has 1 aliphatic heterocycles. The van der Waals surface area contributed by atoms with Gasteiger partial charge in [-0.15, -0.1) is 0 Å². The standard InChI is InChI=1S/C29H29F2N3O3.C7H7F/c1-14(2)10-22-25(28(32)35)24(26-27(34-22)15(3)33-29(26)36)18-5-7-19-17(12-18)6-9-23(19)37-13-16-4-8-20(30)21(31)11-16;1-6-2-4-7(8)5-3-6/h4-5,7-8,11-12,14-15,23H,6,9-10,13H2,1-3H3,(H2,32,35)(H,33,36);2-5H,1H3. The maximum absolute atomic E-state index is 13.6. The number of nitrogens with two attached hydrogens (primary N) is 1. The Morgan fingerprint density at radius 1 is 1.02 bits per heavy atom. The number of rotatable bonds is 7. The highest BCUT2D eigenvalue weighted by Gasteiger charge is 2.35. The lowest BCUT2D eigenvalue weighted by Crippen LogP contribution is -2.20. The number of fused-ring (bicyclic) bond motifs is 2. The number of amides is 2. The van der Waals surface area contributed by atoms with Gasteiger partial charge in [-0.05, 0) is 85.5 Å². The number of primary amides is 1. The molecule has 2 heterocycles. The molecule has 9 heteroatoms. The number of carbonyl (C=O) groups excluding carboxylic acids is 2. The molecule has 2 amide bonds. The molecule has 0 spiro atoms. The molecular formula is C36H36F3N3O3. The van der Waals surface area contributed by atoms with Crippen molar-refractivity contribution in [2.75, 3.05) is 0 Å². The second-order valence-corrected chi connectivity index (χ2v) is 12.0. The van der Waals surface area contributed by atoms with Crippen LogP contribution in [0, 0.1) is 30.3 Å². The van der Waals surface area contributed by atoms with E-state index in [-0.39, 0.29) is 36.4 Å². The second kappa shape index (κ2) is 13.2. The summed E-state index contributed by atoms with van der Waals surface area (Å²) in [6.45, 7) is 8.05. The zero-order valence-corrected chi connectivity index (χ0v) is 25.7. The van der Waals surface area contributed by atoms with Gasteiger partial charge in [-0.2, -0.15) is 0 Å². The maximum Gasteiger partial charge on any atom is 0.254 e. The normalized spacial score (nSPS) is 16.6. The van der Waals surface area contributed by atoms with Crippen molar-refractivity contribution in [1.82, 2.24) is 10.3 Å². The van der Waals surface area contributed by atoms with E-state index < -0.39 is 17.5 Å². The van der Waals surface area contributed by atoms with E-state index >= 15 is 0 Å². The van der Waals surface area contributed by atoms with Crippen molar-refractivity contribution in [2.24, 2.45) is 11.7 Å². The Kier molecular flexibility index (Phi) is 9.39. The van der Waals surface area contributed by atoms with Crippen LogP contribution in [0.1, 0.15) is 93.7 Å². The average molecular weight is 616 g/mol. The number of ether oxygens (including phenoxy) is 1. The van der Waals surface area contributed by atoms with E-state index in [1.165, 1.54) is 18.2 Å². The summed E-state index contributed by atoms with van der Waals surface area (Å²) in [6.07, 6.45) is 1.84. The van der Waals surface area contributed by atoms with Gasteiger partial charge < -0.3 is 15.8 Å². The van der Waals surface area contributed by atoms with Crippen LogP contribution in [0.15, 0.2) is 60.7 Å². The highest BCUT2D eigenvalue weighted by Crippen LogP contribution is 2.41. The van der Waals surface area contributed by atoms with E-state index in [2.05, 4.69) is 5.32 Å². The molecule has 0 fully saturated rings. The van der Waals surface area contributed by atoms with Gasteiger partial charge in [-0.1, -0.05) is 55.8 Å². The van der Waals surface area contributed by atoms with Crippen molar-refractivity contribution in [3.05, 3.63) is 123 Å². The van der Waals surface area contributed by atoms with E-state index in [9.17, 15) is 22.8 Å². The smallest absolute Gasteiger partial charge is 0.254 e. The second-order valence-electron chi connectivity index (χ2n) is 12.0. The Morgan fingerprint density at radius 2 is 1.76 bits per heavy atom. The van der Waals surface area contributed by atoms with Crippen molar-refractivity contribution in [1.29, 1.82) is 0 Å². The zero-order valence-electron chi connectivity index (χ0n) is 25.7. The number of pyridine rings is 1. The highest BCUT2D eigenvalue weighted by atomic mass is 19.2. The number of halogens is 3. The molecule has 4 aromatic rings. The topological polar surface area (TPSA) is 94.3 Å². The summed E-state index contributed by atoms with van der Waals surface area (Å²) in [4.78, 5) is 30.4. The predicted octanol–water partition coefficient (Wildman–Crippen LogP) is 7.47. The molecule has 0 saturated heterocycles. The van der Waals surface area contributed by atoms with Crippen LogP contribution < -0.4 is 11.1 Å². The van der Waals surface area contributed by atoms with Crippen molar-refractivity contribution in [3.63, 3.8) is 0 Å². The van der Waals surface area contributed by atoms with E-state index in [4.69, 9.17) is 15.5 Å². The van der Waals surface area contributed by atoms with Gasteiger partial charge in [0.15, 0.2) is 11.6 Å². The first-order valence-electron chi connectivity index (χ1n) is 15.0. The summed E-state index contributed by atoms with van der Waals surface area (Å²) in [5, 5.41) is 2.91. The van der Waals surface area contributed by atoms with E-state index in [1.54, 1.807) is 12.1 Å². The highest BCUT2D eigenvalue weighted by molar-refractivity contribution is 6.11. The first kappa shape index (κ1) is 31.9. The molecule has 1 aliphatic carbocycles. The average Bonchev–Trinajstić information content (AvgIpc) is 3.53. The number of hydrogen-bond donors (Lipinski definition) is 2. The van der Waals surface area contributed by atoms with Gasteiger partial charge in [-0.3, -0.25) is 14.6 Å². The SMILES string of the molecule is CC(C)Cc1nc2c(c(-c3ccc4c(c3)CCC4OCc3ccc(F)c(F)c3)c1C(N)=O)C(=O)NC2C.Cc1ccc(F)cc1. The summed E-state index contributed by atoms with van der Waals surface area (Å²) >= 11 is 0. The van der Waals surface area contributed by atoms with Crippen LogP contribution in [-0.4, -0.2) is 16.8 Å². The van der Waals surface area contributed by atoms with Gasteiger partial charge in [0.05, 0.1) is 41.3 Å². The summed E-state index contributed by atoms with van der Waals surface area (Å²) in [5.74, 6) is -2.60. The van der Waals surface area contributed by atoms with Crippen LogP contribution >= 0.6 is 0 Å². The summed E-state index contributed by atoms with van der Waals surface area (Å²) < 4.78 is 44.9. The van der Waals surface area contributed by atoms with Crippen LogP contribution in [-0.2, 0) is 24.2 Å². The van der Waals surface area contributed by atoms with Gasteiger partial charge >= 0.3 is 0 Å². The van der Waals surface area contributed by atoms with Crippen molar-refractivity contribution >= 4 is 11.8 Å². The molecule has 2 atom stereocenters. The van der Waals surface area contributed by atoms with Crippen LogP contribution in [0.5, 0.6) is 0 Å². The summed E-state index contributed by atoms with van der Waals surface area (Å²) in [6, 6.07) is 15.7. The maximum atomic E-state index is 13.6. The number of hydrogen-bond acceptors (Lipinski definition) is 4. The van der Waals surface area contributed by atoms with Gasteiger partial charge in [0, 0.05) is 5.56 Å². The molecule has 45 heavy (non-hydrogen) atoms. The third-order valence-corrected chi connectivity index (χ3v) is 8.03. The Bertz CT molecular complexity index is 1730. The lowest BCUT2D eigenvalue weighted by Gasteiger charge is -2.19. The number of carbonyl (C=O) groups is 2. The molecule has 0 saturated carbocycles. The number of benzene rings is 3. The Hall–Kier alpha value is -4.50. The van der Waals surface area contributed by atoms with Crippen molar-refractivity contribution in [3.8, 4) is 11.1 Å². The third-order valence-electron chi connectivity index (χ3n) is 8.03. The van der Waals surface area contributed by atoms with Gasteiger partial charge in [0.2, 0.25) is 0 Å². The fraction of sp³-hybridized carbons (Fsp3) is 0.306. The molecule has 2 unspecified atom stereocenters. The summed E-state index contributed by atoms with van der Waals surface area (Å²) in [7, 11) is 0. The van der Waals surface area contributed by atoms with Crippen LogP contribution in [0.3, 0.4) is 0 Å². The Labute approximate surface area is 260 Å². The largest absolute Gasteiger partial charge is 0.369 e. The number of nitrogens with zero attached hydrogens (tertiary/aromatic N) is 1. The van der Waals surface area contributed by atoms with Gasteiger partial charge in [0.1, 0.15) is 5.82 Å². The molecule has 3 N–H and O–H groups in total. The first-order chi connectivity index (χ1) is 21.4. The fourth-order valence-corrected chi connectivity index (χ4v) is 5.89. The Balaban J connectivity index is 0.000000436. The van der Waals surface area contributed by atoms with Crippen molar-refractivity contribution in [2.45, 2.75) is 65.7 Å². The van der Waals surface area contributed by atoms with Crippen LogP contribution in [0.2, 0.25) is 0 Å². The molecule has 0 bridgehead atoms. The number of aromatic nitrogens is 1. The molecule has 234 valence electrons. The molecule has 6 nitrogen and oxygen atoms in total. The quantitative estimate of drug-likeness (QED) is 0.226. The van der Waals surface area contributed by atoms with Gasteiger partial charge in [0.25, 0.3) is 11.8 Å². The third kappa shape index (κ3) is 6.93. The van der Waals surface area contributed by atoms with Gasteiger partial charge in [-0.25, -0.2) is 13.2 Å². The molecule has 1 aromatic heterocycles. The summed E-state index contributed by atoms with van der Waals surface area (Å²) in [5.41, 5.74) is 12.8. The number of nitrogens with one attached hydrogen (secondary N) is 1. The molecule has 6 rings (SSSR count). The van der Waals surface area contributed by atoms with E-state index in [1.807, 2.05) is 45.9 Å². The minimum absolute atomic E-state index is 0.156. The number of aryl methyl sites for hydroxylation is 2. The van der Waals surface area contributed by atoms with E-state index in [0.717, 1.165) is 47.2 Å². The first-order valence-corrected chi connectivity index (χ1v) is 15.0. The molecular weight excluding hydrogens is 579 g/mol. The lowest BCUT2D eigenvalue weighted by atomic mass is 9.88. The fourth-order valence-electron chi connectivity index (χ4n) is 5.89. The van der Waals surface area contributed by atoms with Crippen LogP contribution in [0.25, 0.3) is 11.1 Å². The molecule has 2 aliphatic rings. The predicted molar refractivity (Wildman–Crippen MR) is 166 cm³/mol. The Morgan fingerprint density at radius 3 is 2.40 bits per heavy atom. The molecule has 3 aromatic carbocycles.